The van der Waals surface area contributed by atoms with Crippen molar-refractivity contribution >= 4 is 23.0 Å². The first kappa shape index (κ1) is 21.2. The summed E-state index contributed by atoms with van der Waals surface area (Å²) < 4.78 is 2.60. The lowest BCUT2D eigenvalue weighted by Gasteiger charge is -2.30. The number of benzene rings is 1. The molecule has 1 aliphatic heterocycles. The molecule has 2 atom stereocenters. The summed E-state index contributed by atoms with van der Waals surface area (Å²) >= 11 is 5.90. The Labute approximate surface area is 196 Å². The summed E-state index contributed by atoms with van der Waals surface area (Å²) in [5, 5.41) is 4.36. The molecule has 5 rings (SSSR count). The van der Waals surface area contributed by atoms with Gasteiger partial charge in [-0.2, -0.15) is 0 Å². The molecule has 2 aliphatic rings. The molecule has 0 spiro atoms. The van der Waals surface area contributed by atoms with Gasteiger partial charge in [0.1, 0.15) is 0 Å². The molecule has 166 valence electrons. The summed E-state index contributed by atoms with van der Waals surface area (Å²) in [4.78, 5) is 7.00. The van der Waals surface area contributed by atoms with Crippen LogP contribution < -0.4 is 10.2 Å². The summed E-state index contributed by atoms with van der Waals surface area (Å²) in [6, 6.07) is 17.9. The molecule has 0 amide bonds. The fourth-order valence-electron chi connectivity index (χ4n) is 5.66. The lowest BCUT2D eigenvalue weighted by Crippen LogP contribution is -2.29. The van der Waals surface area contributed by atoms with Crippen LogP contribution in [0.15, 0.2) is 54.7 Å². The van der Waals surface area contributed by atoms with Gasteiger partial charge in [-0.05, 0) is 81.7 Å². The number of aromatic nitrogens is 2. The van der Waals surface area contributed by atoms with Crippen LogP contribution in [-0.4, -0.2) is 14.7 Å². The minimum atomic E-state index is 0.00492. The molecule has 32 heavy (non-hydrogen) atoms. The maximum atomic E-state index is 5.90. The zero-order chi connectivity index (χ0) is 22.2. The Bertz CT molecular complexity index is 1100. The van der Waals surface area contributed by atoms with Gasteiger partial charge < -0.3 is 14.8 Å². The van der Waals surface area contributed by atoms with Gasteiger partial charge in [-0.25, -0.2) is 0 Å². The molecule has 0 unspecified atom stereocenters. The zero-order valence-corrected chi connectivity index (χ0v) is 20.0. The van der Waals surface area contributed by atoms with Gasteiger partial charge in [0, 0.05) is 29.3 Å². The van der Waals surface area contributed by atoms with Crippen LogP contribution in [0.1, 0.15) is 78.4 Å². The predicted octanol–water partition coefficient (Wildman–Crippen LogP) is 6.49. The highest BCUT2D eigenvalue weighted by Crippen LogP contribution is 2.44. The summed E-state index contributed by atoms with van der Waals surface area (Å²) in [5.74, 6) is 0. The zero-order valence-electron chi connectivity index (χ0n) is 19.2. The molecule has 0 radical (unpaired) electrons. The smallest absolute Gasteiger partial charge is 0.174 e. The van der Waals surface area contributed by atoms with Crippen molar-refractivity contribution in [2.45, 2.75) is 71.0 Å². The van der Waals surface area contributed by atoms with Crippen molar-refractivity contribution in [3.63, 3.8) is 0 Å². The molecule has 0 bridgehead atoms. The Morgan fingerprint density at radius 3 is 2.41 bits per heavy atom. The molecule has 1 saturated heterocycles. The van der Waals surface area contributed by atoms with E-state index in [1.807, 2.05) is 12.3 Å². The number of nitrogens with zero attached hydrogens (tertiary/aromatic N) is 3. The Hall–Kier alpha value is -2.66. The number of anilines is 1. The average Bonchev–Trinajstić information content (AvgIpc) is 3.31. The third-order valence-corrected chi connectivity index (χ3v) is 7.51. The maximum Gasteiger partial charge on any atom is 0.174 e. The Morgan fingerprint density at radius 1 is 0.969 bits per heavy atom. The van der Waals surface area contributed by atoms with E-state index in [0.29, 0.717) is 6.04 Å². The van der Waals surface area contributed by atoms with Crippen molar-refractivity contribution in [1.29, 1.82) is 0 Å². The molecule has 5 heteroatoms. The van der Waals surface area contributed by atoms with Crippen LogP contribution >= 0.6 is 12.2 Å². The highest BCUT2D eigenvalue weighted by molar-refractivity contribution is 7.80. The number of pyridine rings is 1. The fraction of sp³-hybridized carbons (Fsp3) is 0.407. The van der Waals surface area contributed by atoms with Crippen LogP contribution in [0.5, 0.6) is 0 Å². The minimum Gasteiger partial charge on any atom is -0.351 e. The second-order valence-corrected chi connectivity index (χ2v) is 9.71. The van der Waals surface area contributed by atoms with Crippen molar-refractivity contribution in [3.8, 4) is 0 Å². The highest BCUT2D eigenvalue weighted by atomic mass is 32.1. The van der Waals surface area contributed by atoms with Crippen molar-refractivity contribution in [2.24, 2.45) is 0 Å². The van der Waals surface area contributed by atoms with Crippen LogP contribution in [0.4, 0.5) is 5.69 Å². The number of aryl methyl sites for hydroxylation is 2. The Morgan fingerprint density at radius 2 is 1.72 bits per heavy atom. The molecule has 1 N–H and O–H groups in total. The van der Waals surface area contributed by atoms with Gasteiger partial charge in [0.2, 0.25) is 0 Å². The molecule has 2 aromatic heterocycles. The first-order valence-corrected chi connectivity index (χ1v) is 12.2. The molecular formula is C27H32N4S. The van der Waals surface area contributed by atoms with E-state index < -0.39 is 0 Å². The molecule has 1 saturated carbocycles. The summed E-state index contributed by atoms with van der Waals surface area (Å²) in [5.41, 5.74) is 7.46. The van der Waals surface area contributed by atoms with Crippen LogP contribution in [0.3, 0.4) is 0 Å². The molecule has 3 aromatic rings. The van der Waals surface area contributed by atoms with E-state index in [0.717, 1.165) is 16.5 Å². The van der Waals surface area contributed by atoms with Gasteiger partial charge in [0.25, 0.3) is 0 Å². The van der Waals surface area contributed by atoms with Crippen molar-refractivity contribution in [1.82, 2.24) is 14.9 Å². The summed E-state index contributed by atoms with van der Waals surface area (Å²) in [6.07, 6.45) is 8.46. The predicted molar refractivity (Wildman–Crippen MR) is 135 cm³/mol. The Kier molecular flexibility index (Phi) is 5.76. The van der Waals surface area contributed by atoms with Gasteiger partial charge in [-0.3, -0.25) is 4.98 Å². The van der Waals surface area contributed by atoms with E-state index in [2.05, 4.69) is 78.0 Å². The largest absolute Gasteiger partial charge is 0.351 e. The summed E-state index contributed by atoms with van der Waals surface area (Å²) in [6.45, 7) is 6.68. The molecule has 1 aromatic carbocycles. The lowest BCUT2D eigenvalue weighted by molar-refractivity contribution is 0.345. The van der Waals surface area contributed by atoms with E-state index in [-0.39, 0.29) is 12.1 Å². The first-order chi connectivity index (χ1) is 15.5. The second kappa shape index (κ2) is 8.70. The van der Waals surface area contributed by atoms with Crippen LogP contribution in [0.25, 0.3) is 0 Å². The van der Waals surface area contributed by atoms with Crippen molar-refractivity contribution in [3.05, 3.63) is 82.9 Å². The minimum absolute atomic E-state index is 0.00492. The third kappa shape index (κ3) is 3.73. The monoisotopic (exact) mass is 444 g/mol. The van der Waals surface area contributed by atoms with Crippen LogP contribution in [0, 0.1) is 20.8 Å². The third-order valence-electron chi connectivity index (χ3n) is 7.19. The van der Waals surface area contributed by atoms with E-state index in [1.54, 1.807) is 0 Å². The van der Waals surface area contributed by atoms with Gasteiger partial charge in [-0.15, -0.1) is 0 Å². The molecule has 4 nitrogen and oxygen atoms in total. The number of hydrogen-bond acceptors (Lipinski definition) is 2. The van der Waals surface area contributed by atoms with Crippen molar-refractivity contribution in [2.75, 3.05) is 4.90 Å². The first-order valence-electron chi connectivity index (χ1n) is 11.8. The van der Waals surface area contributed by atoms with E-state index in [9.17, 15) is 0 Å². The summed E-state index contributed by atoms with van der Waals surface area (Å²) in [7, 11) is 0. The SMILES string of the molecule is Cc1ccc(N2C(=S)N[C@@H](c3ccccn3)[C@@H]2c2cc(C)n(C3CCCCC3)c2C)cc1. The maximum absolute atomic E-state index is 5.90. The van der Waals surface area contributed by atoms with E-state index in [4.69, 9.17) is 17.2 Å². The van der Waals surface area contributed by atoms with Crippen LogP contribution in [0.2, 0.25) is 0 Å². The normalized spacial score (nSPS) is 21.7. The Balaban J connectivity index is 1.62. The average molecular weight is 445 g/mol. The standard InChI is InChI=1S/C27H32N4S/c1-18-12-14-22(15-13-18)31-26(25(29-27(31)32)24-11-7-8-16-28-24)23-17-19(2)30(20(23)3)21-9-5-4-6-10-21/h7-8,11-17,21,25-26H,4-6,9-10H2,1-3H3,(H,29,32)/t25-,26-/m0/s1. The molecular weight excluding hydrogens is 412 g/mol. The van der Waals surface area contributed by atoms with Crippen LogP contribution in [-0.2, 0) is 0 Å². The second-order valence-electron chi connectivity index (χ2n) is 9.32. The number of nitrogens with one attached hydrogen (secondary N) is 1. The van der Waals surface area contributed by atoms with Crippen molar-refractivity contribution < 1.29 is 0 Å². The van der Waals surface area contributed by atoms with Gasteiger partial charge in [-0.1, -0.05) is 43.0 Å². The van der Waals surface area contributed by atoms with Gasteiger partial charge in [0.05, 0.1) is 17.8 Å². The number of rotatable bonds is 4. The van der Waals surface area contributed by atoms with Gasteiger partial charge in [0.15, 0.2) is 5.11 Å². The quantitative estimate of drug-likeness (QED) is 0.466. The fourth-order valence-corrected chi connectivity index (χ4v) is 6.00. The van der Waals surface area contributed by atoms with Gasteiger partial charge >= 0.3 is 0 Å². The van der Waals surface area contributed by atoms with E-state index in [1.165, 1.54) is 54.6 Å². The molecule has 3 heterocycles. The molecule has 1 aliphatic carbocycles. The van der Waals surface area contributed by atoms with E-state index >= 15 is 0 Å². The number of hydrogen-bond donors (Lipinski definition) is 1. The highest BCUT2D eigenvalue weighted by Gasteiger charge is 2.42. The topological polar surface area (TPSA) is 33.1 Å². The lowest BCUT2D eigenvalue weighted by atomic mass is 9.94. The molecule has 2 fully saturated rings. The number of thiocarbonyl (C=S) groups is 1.